The molecule has 2 aromatic rings. The van der Waals surface area contributed by atoms with E-state index in [9.17, 15) is 14.4 Å². The van der Waals surface area contributed by atoms with Crippen molar-refractivity contribution in [2.24, 2.45) is 0 Å². The van der Waals surface area contributed by atoms with E-state index < -0.39 is 5.97 Å². The van der Waals surface area contributed by atoms with Crippen LogP contribution in [0.2, 0.25) is 0 Å². The van der Waals surface area contributed by atoms with Gasteiger partial charge in [0.05, 0.1) is 6.04 Å². The summed E-state index contributed by atoms with van der Waals surface area (Å²) in [5.41, 5.74) is 1.92. The van der Waals surface area contributed by atoms with E-state index in [1.165, 1.54) is 6.92 Å². The number of thiophene rings is 1. The highest BCUT2D eigenvalue weighted by Gasteiger charge is 2.31. The van der Waals surface area contributed by atoms with Crippen LogP contribution in [0.4, 0.5) is 0 Å². The molecule has 1 amide bonds. The minimum atomic E-state index is -0.613. The molecule has 1 fully saturated rings. The molecule has 3 heterocycles. The fourth-order valence-electron chi connectivity index (χ4n) is 3.61. The second kappa shape index (κ2) is 7.45. The molecule has 1 atom stereocenters. The van der Waals surface area contributed by atoms with Crippen molar-refractivity contribution in [2.45, 2.75) is 39.7 Å². The van der Waals surface area contributed by atoms with E-state index in [0.717, 1.165) is 17.7 Å². The van der Waals surface area contributed by atoms with E-state index in [0.29, 0.717) is 23.4 Å². The van der Waals surface area contributed by atoms with E-state index in [4.69, 9.17) is 4.74 Å². The molecule has 0 spiro atoms. The predicted octanol–water partition coefficient (Wildman–Crippen LogP) is 3.42. The van der Waals surface area contributed by atoms with Crippen LogP contribution in [-0.4, -0.2) is 40.7 Å². The number of amides is 1. The molecule has 2 aromatic heterocycles. The number of nitrogens with zero attached hydrogens (tertiary/aromatic N) is 1. The zero-order valence-corrected chi connectivity index (χ0v) is 15.9. The van der Waals surface area contributed by atoms with Gasteiger partial charge < -0.3 is 14.6 Å². The first kappa shape index (κ1) is 18.4. The van der Waals surface area contributed by atoms with Crippen molar-refractivity contribution < 1.29 is 19.1 Å². The van der Waals surface area contributed by atoms with Crippen molar-refractivity contribution in [3.63, 3.8) is 0 Å². The number of aromatic nitrogens is 1. The Labute approximate surface area is 156 Å². The predicted molar refractivity (Wildman–Crippen MR) is 98.6 cm³/mol. The highest BCUT2D eigenvalue weighted by molar-refractivity contribution is 7.10. The van der Waals surface area contributed by atoms with Gasteiger partial charge in [-0.3, -0.25) is 9.59 Å². The van der Waals surface area contributed by atoms with Gasteiger partial charge in [-0.15, -0.1) is 11.3 Å². The Morgan fingerprint density at radius 1 is 1.35 bits per heavy atom. The Bertz CT molecular complexity index is 838. The lowest BCUT2D eigenvalue weighted by molar-refractivity contribution is -0.135. The third-order valence-corrected chi connectivity index (χ3v) is 5.74. The summed E-state index contributed by atoms with van der Waals surface area (Å²) in [5, 5.41) is 2.00. The second-order valence-electron chi connectivity index (χ2n) is 6.52. The van der Waals surface area contributed by atoms with Crippen LogP contribution in [0.25, 0.3) is 0 Å². The lowest BCUT2D eigenvalue weighted by atomic mass is 10.1. The zero-order chi connectivity index (χ0) is 18.8. The summed E-state index contributed by atoms with van der Waals surface area (Å²) < 4.78 is 5.23. The Hall–Kier alpha value is -2.41. The summed E-state index contributed by atoms with van der Waals surface area (Å²) >= 11 is 1.63. The van der Waals surface area contributed by atoms with Crippen molar-refractivity contribution in [3.05, 3.63) is 44.9 Å². The maximum absolute atomic E-state index is 12.5. The van der Waals surface area contributed by atoms with Gasteiger partial charge in [-0.1, -0.05) is 6.07 Å². The number of carbonyl (C=O) groups excluding carboxylic acids is 3. The maximum Gasteiger partial charge on any atom is 0.355 e. The van der Waals surface area contributed by atoms with Crippen LogP contribution in [0.3, 0.4) is 0 Å². The van der Waals surface area contributed by atoms with Crippen LogP contribution < -0.4 is 0 Å². The van der Waals surface area contributed by atoms with E-state index in [1.807, 2.05) is 17.5 Å². The van der Waals surface area contributed by atoms with Crippen molar-refractivity contribution in [3.8, 4) is 0 Å². The Morgan fingerprint density at radius 3 is 2.73 bits per heavy atom. The molecule has 0 radical (unpaired) electrons. The minimum absolute atomic E-state index is 0.0694. The van der Waals surface area contributed by atoms with Gasteiger partial charge in [0.15, 0.2) is 12.4 Å². The summed E-state index contributed by atoms with van der Waals surface area (Å²) in [4.78, 5) is 42.4. The fraction of sp³-hybridized carbons (Fsp3) is 0.421. The quantitative estimate of drug-likeness (QED) is 0.642. The average molecular weight is 374 g/mol. The molecule has 26 heavy (non-hydrogen) atoms. The van der Waals surface area contributed by atoms with Crippen molar-refractivity contribution in [2.75, 3.05) is 13.2 Å². The number of hydrogen-bond acceptors (Lipinski definition) is 5. The number of likely N-dealkylation sites (tertiary alicyclic amines) is 1. The number of aryl methyl sites for hydroxylation is 1. The summed E-state index contributed by atoms with van der Waals surface area (Å²) in [6.45, 7) is 5.27. The molecule has 1 N–H and O–H groups in total. The lowest BCUT2D eigenvalue weighted by Crippen LogP contribution is -2.34. The molecule has 1 aliphatic heterocycles. The fourth-order valence-corrected chi connectivity index (χ4v) is 4.48. The van der Waals surface area contributed by atoms with E-state index in [1.54, 1.807) is 30.1 Å². The van der Waals surface area contributed by atoms with Crippen molar-refractivity contribution in [1.29, 1.82) is 0 Å². The number of Topliss-reactive ketones (excluding diaryl/α,β-unsaturated/α-hetero) is 1. The molecule has 138 valence electrons. The number of hydrogen-bond donors (Lipinski definition) is 1. The first-order valence-electron chi connectivity index (χ1n) is 8.60. The summed E-state index contributed by atoms with van der Waals surface area (Å²) in [5.74, 6) is -0.914. The number of H-pyrrole nitrogens is 1. The van der Waals surface area contributed by atoms with Crippen molar-refractivity contribution in [1.82, 2.24) is 9.88 Å². The molecule has 7 heteroatoms. The first-order valence-corrected chi connectivity index (χ1v) is 9.48. The van der Waals surface area contributed by atoms with Gasteiger partial charge >= 0.3 is 5.97 Å². The summed E-state index contributed by atoms with van der Waals surface area (Å²) in [6.07, 6.45) is 1.87. The van der Waals surface area contributed by atoms with Gasteiger partial charge in [-0.05, 0) is 50.6 Å². The molecular formula is C19H22N2O4S. The monoisotopic (exact) mass is 374 g/mol. The van der Waals surface area contributed by atoms with E-state index >= 15 is 0 Å². The highest BCUT2D eigenvalue weighted by atomic mass is 32.1. The van der Waals surface area contributed by atoms with Crippen LogP contribution in [0.5, 0.6) is 0 Å². The number of ketones is 1. The molecule has 3 rings (SSSR count). The molecule has 0 bridgehead atoms. The number of nitrogens with one attached hydrogen (secondary N) is 1. The second-order valence-corrected chi connectivity index (χ2v) is 7.50. The van der Waals surface area contributed by atoms with Crippen LogP contribution in [0, 0.1) is 13.8 Å². The van der Waals surface area contributed by atoms with Crippen LogP contribution in [0.15, 0.2) is 17.5 Å². The van der Waals surface area contributed by atoms with Crippen LogP contribution >= 0.6 is 11.3 Å². The van der Waals surface area contributed by atoms with Gasteiger partial charge in [0.1, 0.15) is 5.69 Å². The minimum Gasteiger partial charge on any atom is -0.451 e. The number of carbonyl (C=O) groups is 3. The Kier molecular flexibility index (Phi) is 5.27. The van der Waals surface area contributed by atoms with Gasteiger partial charge in [-0.25, -0.2) is 4.79 Å². The maximum atomic E-state index is 12.5. The topological polar surface area (TPSA) is 79.5 Å². The molecule has 0 aliphatic carbocycles. The SMILES string of the molecule is CC(=O)c1c(C)[nH]c(C(=O)OCC(=O)N2CCC[C@@H]2c2cccs2)c1C. The number of esters is 1. The van der Waals surface area contributed by atoms with Gasteiger partial charge in [0.2, 0.25) is 0 Å². The molecule has 0 aromatic carbocycles. The number of rotatable bonds is 5. The number of ether oxygens (including phenoxy) is 1. The molecule has 6 nitrogen and oxygen atoms in total. The lowest BCUT2D eigenvalue weighted by Gasteiger charge is -2.23. The summed E-state index contributed by atoms with van der Waals surface area (Å²) in [6, 6.07) is 4.07. The van der Waals surface area contributed by atoms with Gasteiger partial charge in [0, 0.05) is 22.7 Å². The largest absolute Gasteiger partial charge is 0.451 e. The van der Waals surface area contributed by atoms with E-state index in [-0.39, 0.29) is 30.0 Å². The Balaban J connectivity index is 1.65. The van der Waals surface area contributed by atoms with Gasteiger partial charge in [-0.2, -0.15) is 0 Å². The third-order valence-electron chi connectivity index (χ3n) is 4.77. The standard InChI is InChI=1S/C19H22N2O4S/c1-11-17(13(3)22)12(2)20-18(11)19(24)25-10-16(23)21-8-4-6-14(21)15-7-5-9-26-15/h5,7,9,14,20H,4,6,8,10H2,1-3H3/t14-/m1/s1. The zero-order valence-electron chi connectivity index (χ0n) is 15.1. The normalized spacial score (nSPS) is 16.7. The Morgan fingerprint density at radius 2 is 2.12 bits per heavy atom. The number of aromatic amines is 1. The molecule has 1 saturated heterocycles. The van der Waals surface area contributed by atoms with Crippen LogP contribution in [0.1, 0.15) is 62.8 Å². The van der Waals surface area contributed by atoms with E-state index in [2.05, 4.69) is 4.98 Å². The molecular weight excluding hydrogens is 352 g/mol. The third kappa shape index (κ3) is 3.44. The van der Waals surface area contributed by atoms with Gasteiger partial charge in [0.25, 0.3) is 5.91 Å². The summed E-state index contributed by atoms with van der Waals surface area (Å²) in [7, 11) is 0. The smallest absolute Gasteiger partial charge is 0.355 e. The molecule has 0 unspecified atom stereocenters. The highest BCUT2D eigenvalue weighted by Crippen LogP contribution is 2.34. The average Bonchev–Trinajstić information content (AvgIpc) is 3.31. The molecule has 1 aliphatic rings. The molecule has 0 saturated carbocycles. The van der Waals surface area contributed by atoms with Crippen LogP contribution in [-0.2, 0) is 9.53 Å². The first-order chi connectivity index (χ1) is 12.4. The van der Waals surface area contributed by atoms with Crippen molar-refractivity contribution >= 4 is 29.0 Å².